The second-order valence-electron chi connectivity index (χ2n) is 3.04. The van der Waals surface area contributed by atoms with Gasteiger partial charge < -0.3 is 5.11 Å². The van der Waals surface area contributed by atoms with E-state index in [0.29, 0.717) is 0 Å². The smallest absolute Gasteiger partial charge is 0.382 e. The van der Waals surface area contributed by atoms with E-state index < -0.39 is 23.8 Å². The fraction of sp³-hybridized carbons (Fsp3) is 0.333. The Balaban J connectivity index is 3.12. The molecule has 1 aromatic carbocycles. The van der Waals surface area contributed by atoms with Gasteiger partial charge in [0.2, 0.25) is 0 Å². The van der Waals surface area contributed by atoms with Gasteiger partial charge in [-0.15, -0.1) is 0 Å². The van der Waals surface area contributed by atoms with E-state index >= 15 is 0 Å². The summed E-state index contributed by atoms with van der Waals surface area (Å²) in [6.45, 7) is 0. The summed E-state index contributed by atoms with van der Waals surface area (Å²) < 4.78 is 61.7. The first-order valence-corrected chi connectivity index (χ1v) is 5.13. The van der Waals surface area contributed by atoms with Gasteiger partial charge in [-0.3, -0.25) is 0 Å². The molecule has 1 N–H and O–H groups in total. The van der Waals surface area contributed by atoms with Crippen LogP contribution in [0.1, 0.15) is 11.7 Å². The van der Waals surface area contributed by atoms with E-state index in [1.165, 1.54) is 18.2 Å². The molecule has 0 aliphatic carbocycles. The maximum Gasteiger partial charge on any atom is 0.456 e. The normalized spacial score (nSPS) is 14.9. The molecule has 0 radical (unpaired) electrons. The zero-order valence-electron chi connectivity index (χ0n) is 7.60. The number of aliphatic hydroxyl groups is 1. The summed E-state index contributed by atoms with van der Waals surface area (Å²) in [5.74, 6) is -5.16. The lowest BCUT2D eigenvalue weighted by Gasteiger charge is -2.25. The van der Waals surface area contributed by atoms with Crippen molar-refractivity contribution in [3.05, 3.63) is 33.4 Å². The average molecular weight is 352 g/mol. The maximum atomic E-state index is 12.8. The molecule has 90 valence electrons. The van der Waals surface area contributed by atoms with E-state index in [1.807, 2.05) is 0 Å². The molecule has 0 aliphatic heterocycles. The lowest BCUT2D eigenvalue weighted by Crippen LogP contribution is -2.42. The van der Waals surface area contributed by atoms with Crippen molar-refractivity contribution in [3.8, 4) is 0 Å². The molecule has 0 spiro atoms. The maximum absolute atomic E-state index is 12.8. The molecule has 1 aromatic rings. The lowest BCUT2D eigenvalue weighted by atomic mass is 10.0. The molecule has 0 heterocycles. The van der Waals surface area contributed by atoms with Crippen LogP contribution in [0.15, 0.2) is 24.3 Å². The molecule has 0 saturated heterocycles. The summed E-state index contributed by atoms with van der Waals surface area (Å²) in [6, 6.07) is 5.13. The lowest BCUT2D eigenvalue weighted by molar-refractivity contribution is -0.315. The van der Waals surface area contributed by atoms with Crippen LogP contribution in [0, 0.1) is 3.57 Å². The molecule has 0 saturated carbocycles. The highest BCUT2D eigenvalue weighted by Gasteiger charge is 2.62. The van der Waals surface area contributed by atoms with E-state index in [-0.39, 0.29) is 3.57 Å². The molecule has 0 fully saturated rings. The minimum Gasteiger partial charge on any atom is -0.382 e. The molecular formula is C9H6F5IO. The third kappa shape index (κ3) is 2.45. The first-order valence-electron chi connectivity index (χ1n) is 4.05. The van der Waals surface area contributed by atoms with Crippen LogP contribution < -0.4 is 0 Å². The summed E-state index contributed by atoms with van der Waals surface area (Å²) in [5.41, 5.74) is -0.439. The van der Waals surface area contributed by atoms with Crippen LogP contribution in [0.5, 0.6) is 0 Å². The third-order valence-corrected chi connectivity index (χ3v) is 2.90. The quantitative estimate of drug-likeness (QED) is 0.638. The molecule has 0 aromatic heterocycles. The number of alkyl halides is 5. The second-order valence-corrected chi connectivity index (χ2v) is 4.21. The van der Waals surface area contributed by atoms with Gasteiger partial charge >= 0.3 is 12.1 Å². The van der Waals surface area contributed by atoms with Crippen LogP contribution in [0.4, 0.5) is 22.0 Å². The molecule has 7 heteroatoms. The molecule has 16 heavy (non-hydrogen) atoms. The highest BCUT2D eigenvalue weighted by atomic mass is 127. The Morgan fingerprint density at radius 2 is 1.56 bits per heavy atom. The van der Waals surface area contributed by atoms with Crippen molar-refractivity contribution < 1.29 is 27.1 Å². The summed E-state index contributed by atoms with van der Waals surface area (Å²) in [7, 11) is 0. The van der Waals surface area contributed by atoms with Crippen LogP contribution >= 0.6 is 22.6 Å². The van der Waals surface area contributed by atoms with Crippen molar-refractivity contribution in [2.45, 2.75) is 18.2 Å². The fourth-order valence-corrected chi connectivity index (χ4v) is 1.73. The Labute approximate surface area is 101 Å². The first-order chi connectivity index (χ1) is 7.18. The Kier molecular flexibility index (Phi) is 3.78. The van der Waals surface area contributed by atoms with Gasteiger partial charge in [-0.2, -0.15) is 22.0 Å². The molecule has 1 atom stereocenters. The number of halogens is 6. The van der Waals surface area contributed by atoms with Crippen molar-refractivity contribution in [2.75, 3.05) is 0 Å². The monoisotopic (exact) mass is 352 g/mol. The van der Waals surface area contributed by atoms with E-state index in [2.05, 4.69) is 0 Å². The van der Waals surface area contributed by atoms with Gasteiger partial charge in [0.05, 0.1) is 0 Å². The zero-order chi connectivity index (χ0) is 12.6. The van der Waals surface area contributed by atoms with Crippen LogP contribution in [0.25, 0.3) is 0 Å². The van der Waals surface area contributed by atoms with Gasteiger partial charge in [0.15, 0.2) is 6.10 Å². The molecule has 0 amide bonds. The van der Waals surface area contributed by atoms with E-state index in [9.17, 15) is 22.0 Å². The van der Waals surface area contributed by atoms with Crippen molar-refractivity contribution in [3.63, 3.8) is 0 Å². The molecular weight excluding hydrogens is 346 g/mol. The SMILES string of the molecule is OC(c1ccccc1I)C(F)(F)C(F)(F)F. The fourth-order valence-electron chi connectivity index (χ4n) is 1.05. The Morgan fingerprint density at radius 1 is 1.06 bits per heavy atom. The Hall–Kier alpha value is -0.440. The number of rotatable bonds is 2. The van der Waals surface area contributed by atoms with Gasteiger partial charge in [0, 0.05) is 9.13 Å². The van der Waals surface area contributed by atoms with Crippen LogP contribution in [-0.2, 0) is 0 Å². The minimum atomic E-state index is -5.77. The van der Waals surface area contributed by atoms with Gasteiger partial charge in [-0.25, -0.2) is 0 Å². The number of hydrogen-bond acceptors (Lipinski definition) is 1. The van der Waals surface area contributed by atoms with Crippen LogP contribution in [-0.4, -0.2) is 17.2 Å². The van der Waals surface area contributed by atoms with Gasteiger partial charge in [0.1, 0.15) is 0 Å². The van der Waals surface area contributed by atoms with Gasteiger partial charge in [-0.1, -0.05) is 18.2 Å². The molecule has 1 nitrogen and oxygen atoms in total. The standard InChI is InChI=1S/C9H6F5IO/c10-8(11,9(12,13)14)7(16)5-3-1-2-4-6(5)15/h1-4,7,16H. The summed E-state index contributed by atoms with van der Waals surface area (Å²) in [5, 5.41) is 9.09. The molecule has 1 rings (SSSR count). The molecule has 1 unspecified atom stereocenters. The van der Waals surface area contributed by atoms with Crippen LogP contribution in [0.2, 0.25) is 0 Å². The van der Waals surface area contributed by atoms with Crippen LogP contribution in [0.3, 0.4) is 0 Å². The Morgan fingerprint density at radius 3 is 2.00 bits per heavy atom. The summed E-state index contributed by atoms with van der Waals surface area (Å²) >= 11 is 1.58. The van der Waals surface area contributed by atoms with Crippen molar-refractivity contribution >= 4 is 22.6 Å². The highest BCUT2D eigenvalue weighted by molar-refractivity contribution is 14.1. The summed E-state index contributed by atoms with van der Waals surface area (Å²) in [6.07, 6.45) is -8.66. The van der Waals surface area contributed by atoms with E-state index in [0.717, 1.165) is 6.07 Å². The number of hydrogen-bond donors (Lipinski definition) is 1. The highest BCUT2D eigenvalue weighted by Crippen LogP contribution is 2.45. The summed E-state index contributed by atoms with van der Waals surface area (Å²) in [4.78, 5) is 0. The van der Waals surface area contributed by atoms with Crippen molar-refractivity contribution in [1.29, 1.82) is 0 Å². The van der Waals surface area contributed by atoms with Crippen molar-refractivity contribution in [2.24, 2.45) is 0 Å². The third-order valence-electron chi connectivity index (χ3n) is 1.92. The van der Waals surface area contributed by atoms with E-state index in [1.54, 1.807) is 22.6 Å². The van der Waals surface area contributed by atoms with Crippen molar-refractivity contribution in [1.82, 2.24) is 0 Å². The first kappa shape index (κ1) is 13.6. The van der Waals surface area contributed by atoms with Gasteiger partial charge in [0.25, 0.3) is 0 Å². The largest absolute Gasteiger partial charge is 0.456 e. The molecule has 0 aliphatic rings. The van der Waals surface area contributed by atoms with E-state index in [4.69, 9.17) is 5.11 Å². The predicted octanol–water partition coefficient (Wildman–Crippen LogP) is 3.52. The topological polar surface area (TPSA) is 20.2 Å². The number of aliphatic hydroxyl groups excluding tert-OH is 1. The molecule has 0 bridgehead atoms. The Bertz CT molecular complexity index is 376. The number of benzene rings is 1. The minimum absolute atomic E-state index is 0.150. The second kappa shape index (κ2) is 4.44. The average Bonchev–Trinajstić information content (AvgIpc) is 2.15. The predicted molar refractivity (Wildman–Crippen MR) is 55.1 cm³/mol. The zero-order valence-corrected chi connectivity index (χ0v) is 9.76. The van der Waals surface area contributed by atoms with Gasteiger partial charge in [-0.05, 0) is 28.7 Å².